The fourth-order valence-electron chi connectivity index (χ4n) is 3.99. The van der Waals surface area contributed by atoms with Crippen molar-refractivity contribution in [3.05, 3.63) is 5.82 Å². The molecule has 0 spiro atoms. The molecule has 0 radical (unpaired) electrons. The van der Waals surface area contributed by atoms with Crippen molar-refractivity contribution in [1.29, 1.82) is 0 Å². The minimum Gasteiger partial charge on any atom is -0.396 e. The Bertz CT molecular complexity index is 1650. The monoisotopic (exact) mass is 713 g/mol. The second kappa shape index (κ2) is 20.3. The Kier molecular flexibility index (Phi) is 14.9. The maximum atomic E-state index is 9.32. The molecule has 0 atom stereocenters. The first kappa shape index (κ1) is 37.5. The number of nitrogens with zero attached hydrogens (tertiary/aromatic N) is 12. The lowest BCUT2D eigenvalue weighted by Crippen LogP contribution is -2.20. The van der Waals surface area contributed by atoms with Gasteiger partial charge in [-0.3, -0.25) is 0 Å². The number of aromatic nitrogens is 12. The average Bonchev–Trinajstić information content (AvgIpc) is 3.08. The maximum absolute atomic E-state index is 9.32. The summed E-state index contributed by atoms with van der Waals surface area (Å²) < 4.78 is 0. The van der Waals surface area contributed by atoms with Gasteiger partial charge in [-0.25, -0.2) is 0 Å². The van der Waals surface area contributed by atoms with Crippen LogP contribution in [0.1, 0.15) is 31.5 Å². The van der Waals surface area contributed by atoms with Crippen LogP contribution in [0.15, 0.2) is 0 Å². The molecule has 4 aromatic heterocycles. The highest BCUT2D eigenvalue weighted by atomic mass is 16.3. The van der Waals surface area contributed by atoms with Crippen molar-refractivity contribution < 1.29 is 15.3 Å². The molecule has 4 rings (SSSR count). The van der Waals surface area contributed by atoms with Gasteiger partial charge >= 0.3 is 0 Å². The van der Waals surface area contributed by atoms with Crippen LogP contribution in [-0.2, 0) is 0 Å². The molecule has 0 aliphatic heterocycles. The normalized spacial score (nSPS) is 10.7. The summed E-state index contributed by atoms with van der Waals surface area (Å²) >= 11 is 0. The standard InChI is InChI=1S/C25H43N23O3/c1-14-37-17(28-6-2-3-7-29-18-39-15(26)40-19(44-18)30-8-4-5-9-49)43-20(38-14)31-10-33-22-46-23(48-25(47-22)36-13-51)34-11-32-21-41-16(27)42-24(45-21)35-12-50/h49-51H,2-13H2,1H3,(H2,28,31,37,38,43)(H4,26,29,30,39,40,44)(H4,27,32,35,41,42,45)(H3,33,34,36,46,47,48). The van der Waals surface area contributed by atoms with Gasteiger partial charge in [-0.05, 0) is 32.6 Å². The number of aryl methyl sites for hydroxylation is 1. The molecule has 4 heterocycles. The lowest BCUT2D eigenvalue weighted by Gasteiger charge is -2.12. The summed E-state index contributed by atoms with van der Waals surface area (Å²) in [5, 5.41) is 53.8. The van der Waals surface area contributed by atoms with E-state index in [1.807, 2.05) is 0 Å². The van der Waals surface area contributed by atoms with Crippen LogP contribution < -0.4 is 59.3 Å². The largest absolute Gasteiger partial charge is 0.396 e. The van der Waals surface area contributed by atoms with Crippen molar-refractivity contribution in [2.45, 2.75) is 32.6 Å². The second-order valence-electron chi connectivity index (χ2n) is 10.2. The quantitative estimate of drug-likeness (QED) is 0.0278. The third-order valence-corrected chi connectivity index (χ3v) is 6.19. The van der Waals surface area contributed by atoms with Crippen LogP contribution in [0.3, 0.4) is 0 Å². The molecular formula is C25H43N23O3. The number of hydrogen-bond donors (Lipinski definition) is 14. The van der Waals surface area contributed by atoms with Gasteiger partial charge in [0.05, 0.1) is 13.3 Å². The first-order valence-electron chi connectivity index (χ1n) is 15.8. The van der Waals surface area contributed by atoms with E-state index in [9.17, 15) is 5.11 Å². The molecular weight excluding hydrogens is 670 g/mol. The molecule has 276 valence electrons. The summed E-state index contributed by atoms with van der Waals surface area (Å²) in [6, 6.07) is 0. The molecule has 0 aliphatic carbocycles. The van der Waals surface area contributed by atoms with Gasteiger partial charge in [0, 0.05) is 26.2 Å². The molecule has 51 heavy (non-hydrogen) atoms. The van der Waals surface area contributed by atoms with E-state index in [4.69, 9.17) is 21.7 Å². The van der Waals surface area contributed by atoms with Crippen molar-refractivity contribution in [2.75, 3.05) is 112 Å². The zero-order valence-corrected chi connectivity index (χ0v) is 27.8. The van der Waals surface area contributed by atoms with E-state index in [-0.39, 0.29) is 68.3 Å². The van der Waals surface area contributed by atoms with Crippen LogP contribution in [0, 0.1) is 6.92 Å². The van der Waals surface area contributed by atoms with Crippen LogP contribution in [0.25, 0.3) is 0 Å². The lowest BCUT2D eigenvalue weighted by molar-refractivity contribution is 0.286. The third kappa shape index (κ3) is 13.6. The van der Waals surface area contributed by atoms with Crippen LogP contribution in [-0.4, -0.2) is 128 Å². The van der Waals surface area contributed by atoms with Gasteiger partial charge in [0.1, 0.15) is 19.3 Å². The highest BCUT2D eigenvalue weighted by Crippen LogP contribution is 2.12. The van der Waals surface area contributed by atoms with Gasteiger partial charge in [0.25, 0.3) is 0 Å². The van der Waals surface area contributed by atoms with Crippen molar-refractivity contribution >= 4 is 65.4 Å². The Morgan fingerprint density at radius 3 is 1.08 bits per heavy atom. The Hall–Kier alpha value is -6.28. The van der Waals surface area contributed by atoms with Gasteiger partial charge in [-0.1, -0.05) is 0 Å². The van der Waals surface area contributed by atoms with Gasteiger partial charge in [-0.2, -0.15) is 59.8 Å². The topological polar surface area (TPSA) is 376 Å². The van der Waals surface area contributed by atoms with E-state index in [0.29, 0.717) is 55.7 Å². The van der Waals surface area contributed by atoms with Crippen molar-refractivity contribution in [3.63, 3.8) is 0 Å². The highest BCUT2D eigenvalue weighted by Gasteiger charge is 2.09. The van der Waals surface area contributed by atoms with Crippen LogP contribution in [0.5, 0.6) is 0 Å². The second-order valence-corrected chi connectivity index (χ2v) is 10.2. The molecule has 0 aromatic carbocycles. The number of rotatable bonds is 24. The lowest BCUT2D eigenvalue weighted by atomic mass is 10.3. The molecule has 0 saturated heterocycles. The van der Waals surface area contributed by atoms with E-state index in [1.54, 1.807) is 6.92 Å². The number of aliphatic hydroxyl groups excluding tert-OH is 3. The summed E-state index contributed by atoms with van der Waals surface area (Å²) in [5.41, 5.74) is 11.5. The molecule has 16 N–H and O–H groups in total. The van der Waals surface area contributed by atoms with Crippen LogP contribution >= 0.6 is 0 Å². The fourth-order valence-corrected chi connectivity index (χ4v) is 3.99. The molecule has 0 fully saturated rings. The molecule has 26 heteroatoms. The number of nitrogens with two attached hydrogens (primary N) is 2. The molecule has 0 saturated carbocycles. The summed E-state index contributed by atoms with van der Waals surface area (Å²) in [6.07, 6.45) is 3.08. The Morgan fingerprint density at radius 1 is 0.392 bits per heavy atom. The first-order chi connectivity index (χ1) is 24.8. The van der Waals surface area contributed by atoms with Crippen molar-refractivity contribution in [1.82, 2.24) is 59.8 Å². The minimum absolute atomic E-state index is 0.0453. The highest BCUT2D eigenvalue weighted by molar-refractivity contribution is 5.45. The Labute approximate surface area is 291 Å². The van der Waals surface area contributed by atoms with Gasteiger partial charge < -0.3 is 74.6 Å². The van der Waals surface area contributed by atoms with Crippen LogP contribution in [0.4, 0.5) is 65.4 Å². The minimum atomic E-state index is -0.402. The third-order valence-electron chi connectivity index (χ3n) is 6.19. The SMILES string of the molecule is Cc1nc(NCCCCNc2nc(N)nc(NCCCCO)n2)nc(NCNc2nc(NCO)nc(NCNc3nc(N)nc(NCO)n3)n2)n1. The van der Waals surface area contributed by atoms with Crippen molar-refractivity contribution in [2.24, 2.45) is 0 Å². The van der Waals surface area contributed by atoms with E-state index >= 15 is 0 Å². The number of nitrogens with one attached hydrogen (secondary N) is 9. The number of aliphatic hydroxyl groups is 3. The summed E-state index contributed by atoms with van der Waals surface area (Å²) in [5.74, 6) is 2.77. The average molecular weight is 714 g/mol. The predicted octanol–water partition coefficient (Wildman–Crippen LogP) is -1.93. The number of anilines is 11. The zero-order chi connectivity index (χ0) is 36.3. The van der Waals surface area contributed by atoms with E-state index in [0.717, 1.165) is 19.3 Å². The van der Waals surface area contributed by atoms with Gasteiger partial charge in [0.15, 0.2) is 0 Å². The fraction of sp³-hybridized carbons (Fsp3) is 0.520. The number of unbranched alkanes of at least 4 members (excludes halogenated alkanes) is 2. The van der Waals surface area contributed by atoms with Crippen molar-refractivity contribution in [3.8, 4) is 0 Å². The number of nitrogen functional groups attached to an aromatic ring is 2. The van der Waals surface area contributed by atoms with Gasteiger partial charge in [0.2, 0.25) is 65.4 Å². The molecule has 0 amide bonds. The maximum Gasteiger partial charge on any atom is 0.231 e. The summed E-state index contributed by atoms with van der Waals surface area (Å²) in [7, 11) is 0. The zero-order valence-electron chi connectivity index (χ0n) is 27.8. The summed E-state index contributed by atoms with van der Waals surface area (Å²) in [6.45, 7) is 3.18. The summed E-state index contributed by atoms with van der Waals surface area (Å²) in [4.78, 5) is 50.2. The smallest absolute Gasteiger partial charge is 0.231 e. The molecule has 0 unspecified atom stereocenters. The van der Waals surface area contributed by atoms with E-state index in [1.165, 1.54) is 0 Å². The molecule has 4 aromatic rings. The predicted molar refractivity (Wildman–Crippen MR) is 190 cm³/mol. The Balaban J connectivity index is 1.21. The van der Waals surface area contributed by atoms with E-state index in [2.05, 4.69) is 108 Å². The van der Waals surface area contributed by atoms with Gasteiger partial charge in [-0.15, -0.1) is 0 Å². The first-order valence-corrected chi connectivity index (χ1v) is 15.8. The number of hydrogen-bond acceptors (Lipinski definition) is 26. The Morgan fingerprint density at radius 2 is 0.686 bits per heavy atom. The molecule has 0 bridgehead atoms. The molecule has 0 aliphatic rings. The molecule has 26 nitrogen and oxygen atoms in total. The van der Waals surface area contributed by atoms with E-state index < -0.39 is 6.73 Å². The van der Waals surface area contributed by atoms with Crippen LogP contribution in [0.2, 0.25) is 0 Å².